The number of carbonyl (C=O) groups is 1. The van der Waals surface area contributed by atoms with Crippen LogP contribution in [-0.4, -0.2) is 44.3 Å². The van der Waals surface area contributed by atoms with Crippen molar-refractivity contribution in [1.29, 1.82) is 0 Å². The van der Waals surface area contributed by atoms with Gasteiger partial charge in [-0.05, 0) is 44.5 Å². The summed E-state index contributed by atoms with van der Waals surface area (Å²) in [5, 5.41) is 24.1. The van der Waals surface area contributed by atoms with Gasteiger partial charge in [0.05, 0.1) is 6.61 Å². The summed E-state index contributed by atoms with van der Waals surface area (Å²) in [4.78, 5) is 11.9. The Kier molecular flexibility index (Phi) is 4.50. The van der Waals surface area contributed by atoms with Crippen LogP contribution in [0.3, 0.4) is 0 Å². The van der Waals surface area contributed by atoms with Crippen LogP contribution in [0.2, 0.25) is 0 Å². The molecule has 1 N–H and O–H groups in total. The number of carbonyl (C=O) groups excluding carboxylic acids is 1. The van der Waals surface area contributed by atoms with Crippen molar-refractivity contribution in [3.05, 3.63) is 35.0 Å². The van der Waals surface area contributed by atoms with Crippen molar-refractivity contribution < 1.29 is 19.5 Å². The Hall–Kier alpha value is -1.92. The van der Waals surface area contributed by atoms with Crippen LogP contribution in [0, 0.1) is 5.21 Å². The van der Waals surface area contributed by atoms with Crippen LogP contribution in [0.15, 0.2) is 24.3 Å². The van der Waals surface area contributed by atoms with Gasteiger partial charge in [0, 0.05) is 19.4 Å². The van der Waals surface area contributed by atoms with E-state index in [0.717, 1.165) is 17.2 Å². The van der Waals surface area contributed by atoms with Gasteiger partial charge in [-0.2, -0.15) is 4.74 Å². The molecule has 0 radical (unpaired) electrons. The topological polar surface area (TPSA) is 75.8 Å². The van der Waals surface area contributed by atoms with E-state index in [-0.39, 0.29) is 0 Å². The zero-order valence-corrected chi connectivity index (χ0v) is 14.3. The van der Waals surface area contributed by atoms with E-state index in [1.807, 2.05) is 6.92 Å². The van der Waals surface area contributed by atoms with Gasteiger partial charge < -0.3 is 15.2 Å². The Labute approximate surface area is 136 Å². The number of nitrogens with zero attached hydrogens (tertiary/aromatic N) is 2. The van der Waals surface area contributed by atoms with Crippen LogP contribution in [0.5, 0.6) is 5.75 Å². The lowest BCUT2D eigenvalue weighted by atomic mass is 9.92. The molecule has 23 heavy (non-hydrogen) atoms. The van der Waals surface area contributed by atoms with Crippen LogP contribution < -0.4 is 4.74 Å². The monoisotopic (exact) mass is 320 g/mol. The van der Waals surface area contributed by atoms with E-state index in [0.29, 0.717) is 22.6 Å². The summed E-state index contributed by atoms with van der Waals surface area (Å²) in [5.41, 5.74) is -1.62. The smallest absolute Gasteiger partial charge is 0.307 e. The third-order valence-electron chi connectivity index (χ3n) is 4.39. The Balaban J connectivity index is 2.48. The van der Waals surface area contributed by atoms with Crippen molar-refractivity contribution in [2.24, 2.45) is 0 Å². The largest absolute Gasteiger partial charge is 0.622 e. The summed E-state index contributed by atoms with van der Waals surface area (Å²) < 4.78 is 6.15. The first-order chi connectivity index (χ1) is 10.7. The maximum Gasteiger partial charge on any atom is 0.307 e. The van der Waals surface area contributed by atoms with Crippen molar-refractivity contribution in [1.82, 2.24) is 5.06 Å². The highest BCUT2D eigenvalue weighted by molar-refractivity contribution is 6.06. The minimum Gasteiger partial charge on any atom is -0.622 e. The third kappa shape index (κ3) is 2.62. The quantitative estimate of drug-likeness (QED) is 0.666. The molecule has 1 aliphatic heterocycles. The molecule has 0 spiro atoms. The molecule has 0 amide bonds. The predicted molar refractivity (Wildman–Crippen MR) is 86.8 cm³/mol. The second-order valence-corrected chi connectivity index (χ2v) is 6.46. The molecular weight excluding hydrogens is 296 g/mol. The van der Waals surface area contributed by atoms with Gasteiger partial charge in [-0.25, -0.2) is 0 Å². The number of hydrogen-bond donors (Lipinski definition) is 1. The molecule has 0 aromatic heterocycles. The van der Waals surface area contributed by atoms with E-state index < -0.39 is 17.0 Å². The van der Waals surface area contributed by atoms with Crippen LogP contribution in [0.1, 0.15) is 46.6 Å². The highest BCUT2D eigenvalue weighted by Crippen LogP contribution is 2.36. The normalized spacial score (nSPS) is 24.1. The lowest BCUT2D eigenvalue weighted by Crippen LogP contribution is -2.57. The van der Waals surface area contributed by atoms with E-state index in [1.54, 1.807) is 38.1 Å². The van der Waals surface area contributed by atoms with Gasteiger partial charge in [0.25, 0.3) is 0 Å². The minimum atomic E-state index is -1.63. The summed E-state index contributed by atoms with van der Waals surface area (Å²) in [6.07, 6.45) is 0.914. The van der Waals surface area contributed by atoms with Crippen molar-refractivity contribution in [3.8, 4) is 5.75 Å². The van der Waals surface area contributed by atoms with Crippen LogP contribution in [0.4, 0.5) is 0 Å². The van der Waals surface area contributed by atoms with E-state index in [4.69, 9.17) is 4.74 Å². The molecule has 126 valence electrons. The molecule has 6 nitrogen and oxygen atoms in total. The summed E-state index contributed by atoms with van der Waals surface area (Å²) >= 11 is 0. The van der Waals surface area contributed by atoms with Gasteiger partial charge in [0.1, 0.15) is 11.3 Å². The first-order valence-corrected chi connectivity index (χ1v) is 7.75. The fraction of sp³-hybridized carbons (Fsp3) is 0.529. The Morgan fingerprint density at radius 1 is 1.30 bits per heavy atom. The fourth-order valence-electron chi connectivity index (χ4n) is 2.89. The molecular formula is C17H24N2O4. The first kappa shape index (κ1) is 17.4. The number of hydroxylamine groups is 3. The molecule has 0 saturated heterocycles. The highest BCUT2D eigenvalue weighted by Gasteiger charge is 2.62. The molecule has 2 rings (SSSR count). The summed E-state index contributed by atoms with van der Waals surface area (Å²) in [6, 6.07) is 7.11. The predicted octanol–water partition coefficient (Wildman–Crippen LogP) is 2.56. The van der Waals surface area contributed by atoms with E-state index >= 15 is 0 Å². The summed E-state index contributed by atoms with van der Waals surface area (Å²) in [5.74, 6) is 0.306. The molecule has 1 aromatic carbocycles. The number of ketones is 1. The number of ether oxygens (including phenoxy) is 1. The molecule has 1 heterocycles. The second-order valence-electron chi connectivity index (χ2n) is 6.46. The maximum absolute atomic E-state index is 12.8. The number of rotatable bonds is 5. The third-order valence-corrected chi connectivity index (χ3v) is 4.39. The summed E-state index contributed by atoms with van der Waals surface area (Å²) in [7, 11) is 0. The van der Waals surface area contributed by atoms with E-state index in [1.165, 1.54) is 13.8 Å². The molecule has 1 aromatic rings. The Morgan fingerprint density at radius 2 is 1.87 bits per heavy atom. The Morgan fingerprint density at radius 3 is 2.30 bits per heavy atom. The van der Waals surface area contributed by atoms with Gasteiger partial charge in [0.15, 0.2) is 0 Å². The lowest BCUT2D eigenvalue weighted by Gasteiger charge is -2.30. The molecule has 0 aliphatic carbocycles. The van der Waals surface area contributed by atoms with Gasteiger partial charge in [0.2, 0.25) is 11.5 Å². The Bertz CT molecular complexity index is 636. The van der Waals surface area contributed by atoms with Crippen molar-refractivity contribution in [2.75, 3.05) is 6.61 Å². The average Bonchev–Trinajstić information content (AvgIpc) is 2.64. The van der Waals surface area contributed by atoms with E-state index in [9.17, 15) is 15.2 Å². The van der Waals surface area contributed by atoms with Crippen molar-refractivity contribution in [2.45, 2.75) is 52.2 Å². The van der Waals surface area contributed by atoms with Gasteiger partial charge in [-0.3, -0.25) is 4.79 Å². The van der Waals surface area contributed by atoms with Gasteiger partial charge in [-0.1, -0.05) is 6.92 Å². The fourth-order valence-corrected chi connectivity index (χ4v) is 2.89. The van der Waals surface area contributed by atoms with Gasteiger partial charge in [-0.15, -0.1) is 5.06 Å². The zero-order chi connectivity index (χ0) is 17.4. The number of Topliss-reactive ketones (excluding diaryl/α,β-unsaturated/α-hetero) is 1. The van der Waals surface area contributed by atoms with Crippen LogP contribution in [0.25, 0.3) is 0 Å². The maximum atomic E-state index is 12.8. The lowest BCUT2D eigenvalue weighted by molar-refractivity contribution is -0.565. The number of hydrogen-bond acceptors (Lipinski definition) is 5. The standard InChI is InChI=1S/C17H24N2O4/c1-6-11-23-14-9-7-13(8-10-14)15-16(3,4)19(22)17(5,12(2)20)18(15)21/h7-10,22H,6,11H2,1-5H3/t17-/m0/s1. The summed E-state index contributed by atoms with van der Waals surface area (Å²) in [6.45, 7) is 8.80. The molecule has 1 aliphatic rings. The molecule has 6 heteroatoms. The van der Waals surface area contributed by atoms with Gasteiger partial charge >= 0.3 is 5.66 Å². The van der Waals surface area contributed by atoms with Crippen LogP contribution >= 0.6 is 0 Å². The molecule has 0 fully saturated rings. The van der Waals surface area contributed by atoms with Crippen LogP contribution in [-0.2, 0) is 4.79 Å². The molecule has 0 unspecified atom stereocenters. The van der Waals surface area contributed by atoms with Crippen molar-refractivity contribution >= 4 is 11.5 Å². The molecule has 0 saturated carbocycles. The second kappa shape index (κ2) is 5.94. The zero-order valence-electron chi connectivity index (χ0n) is 14.3. The SMILES string of the molecule is CCCOc1ccc(C2=[N+]([O-])[C@](C)(C(C)=O)N(O)C2(C)C)cc1. The minimum absolute atomic E-state index is 0.347. The molecule has 0 bridgehead atoms. The first-order valence-electron chi connectivity index (χ1n) is 7.75. The van der Waals surface area contributed by atoms with Crippen molar-refractivity contribution in [3.63, 3.8) is 0 Å². The number of benzene rings is 1. The molecule has 1 atom stereocenters. The van der Waals surface area contributed by atoms with E-state index in [2.05, 4.69) is 0 Å². The average molecular weight is 320 g/mol. The highest BCUT2D eigenvalue weighted by atomic mass is 16.6.